The summed E-state index contributed by atoms with van der Waals surface area (Å²) < 4.78 is 40.8. The lowest BCUT2D eigenvalue weighted by atomic mass is 9.91. The number of nitrogens with zero attached hydrogens (tertiary/aromatic N) is 5. The van der Waals surface area contributed by atoms with E-state index in [1.54, 1.807) is 13.1 Å². The van der Waals surface area contributed by atoms with Crippen molar-refractivity contribution >= 4 is 33.5 Å². The quantitative estimate of drug-likeness (QED) is 0.224. The maximum Gasteiger partial charge on any atom is 0.423 e. The van der Waals surface area contributed by atoms with E-state index in [0.717, 1.165) is 49.8 Å². The summed E-state index contributed by atoms with van der Waals surface area (Å²) in [7, 11) is 0. The van der Waals surface area contributed by atoms with Gasteiger partial charge in [-0.15, -0.1) is 10.2 Å². The lowest BCUT2D eigenvalue weighted by Crippen LogP contribution is -2.34. The summed E-state index contributed by atoms with van der Waals surface area (Å²) in [4.78, 5) is 30.6. The van der Waals surface area contributed by atoms with Crippen LogP contribution in [0.5, 0.6) is 5.19 Å². The topological polar surface area (TPSA) is 151 Å². The Hall–Kier alpha value is -3.91. The summed E-state index contributed by atoms with van der Waals surface area (Å²) in [5.74, 6) is 0.0783. The molecule has 1 fully saturated rings. The number of piperidine rings is 1. The van der Waals surface area contributed by atoms with E-state index in [9.17, 15) is 14.0 Å². The molecule has 0 radical (unpaired) electrons. The number of fused-ring (bicyclic) bond motifs is 3. The van der Waals surface area contributed by atoms with Gasteiger partial charge in [0.1, 0.15) is 4.88 Å². The highest BCUT2D eigenvalue weighted by molar-refractivity contribution is 7.16. The average molecular weight is 530 g/mol. The van der Waals surface area contributed by atoms with Gasteiger partial charge in [-0.1, -0.05) is 16.5 Å². The molecule has 1 aromatic carbocycles. The fraction of sp³-hybridized carbons (Fsp3) is 0.391. The van der Waals surface area contributed by atoms with Crippen molar-refractivity contribution in [1.29, 1.82) is 0 Å². The van der Waals surface area contributed by atoms with Crippen LogP contribution in [0.25, 0.3) is 32.9 Å². The summed E-state index contributed by atoms with van der Waals surface area (Å²) >= 11 is 1.35. The molecule has 6 rings (SSSR count). The number of halogens is 1. The molecule has 5 heterocycles. The number of ether oxygens (including phenoxy) is 1. The normalized spacial score (nSPS) is 15.2. The van der Waals surface area contributed by atoms with Gasteiger partial charge in [-0.2, -0.15) is 0 Å². The molecule has 0 unspecified atom stereocenters. The average Bonchev–Trinajstić information content (AvgIpc) is 3.63. The van der Waals surface area contributed by atoms with Gasteiger partial charge in [0.15, 0.2) is 17.0 Å². The molecule has 1 aliphatic heterocycles. The standard InChI is InChI=1S/C23H20FN5O7S/c1-11-26-27-20(33-11)15-10-25-23(37-15)32-8-2-5-29-6-3-12(4-7-29)17-16-14(36-28-17)9-13(24)18-19(16)35-22(31)21(30)34-18/h9-10,12H,2-8H2,1H3. The fourth-order valence-electron chi connectivity index (χ4n) is 4.48. The first kappa shape index (κ1) is 23.5. The fourth-order valence-corrected chi connectivity index (χ4v) is 5.19. The first-order valence-electron chi connectivity index (χ1n) is 11.6. The predicted molar refractivity (Wildman–Crippen MR) is 127 cm³/mol. The van der Waals surface area contributed by atoms with Gasteiger partial charge in [-0.3, -0.25) is 0 Å². The van der Waals surface area contributed by atoms with E-state index in [1.807, 2.05) is 0 Å². The van der Waals surface area contributed by atoms with Crippen molar-refractivity contribution in [2.75, 3.05) is 26.2 Å². The van der Waals surface area contributed by atoms with Gasteiger partial charge in [0.05, 0.1) is 23.9 Å². The Morgan fingerprint density at radius 1 is 1.14 bits per heavy atom. The van der Waals surface area contributed by atoms with Gasteiger partial charge >= 0.3 is 11.3 Å². The van der Waals surface area contributed by atoms with Crippen molar-refractivity contribution in [2.24, 2.45) is 0 Å². The largest absolute Gasteiger partial charge is 0.470 e. The van der Waals surface area contributed by atoms with Crippen LogP contribution in [0.2, 0.25) is 0 Å². The maximum atomic E-state index is 14.4. The van der Waals surface area contributed by atoms with Gasteiger partial charge in [0.25, 0.3) is 11.1 Å². The van der Waals surface area contributed by atoms with E-state index in [1.165, 1.54) is 11.3 Å². The summed E-state index contributed by atoms with van der Waals surface area (Å²) in [5, 5.41) is 12.9. The molecule has 4 aromatic heterocycles. The van der Waals surface area contributed by atoms with Crippen LogP contribution in [-0.4, -0.2) is 51.5 Å². The molecule has 1 saturated heterocycles. The molecular weight excluding hydrogens is 509 g/mol. The molecule has 0 N–H and O–H groups in total. The zero-order valence-corrected chi connectivity index (χ0v) is 20.4. The second-order valence-electron chi connectivity index (χ2n) is 8.67. The van der Waals surface area contributed by atoms with Crippen LogP contribution in [0.3, 0.4) is 0 Å². The van der Waals surface area contributed by atoms with Gasteiger partial charge in [-0.05, 0) is 32.4 Å². The smallest absolute Gasteiger partial charge is 0.423 e. The van der Waals surface area contributed by atoms with Gasteiger partial charge in [-0.25, -0.2) is 19.0 Å². The number of aryl methyl sites for hydroxylation is 1. The Kier molecular flexibility index (Phi) is 6.04. The van der Waals surface area contributed by atoms with E-state index in [2.05, 4.69) is 25.2 Å². The van der Waals surface area contributed by atoms with Crippen molar-refractivity contribution < 1.29 is 26.9 Å². The van der Waals surface area contributed by atoms with Gasteiger partial charge in [0, 0.05) is 25.5 Å². The maximum absolute atomic E-state index is 14.4. The monoisotopic (exact) mass is 529 g/mol. The van der Waals surface area contributed by atoms with E-state index >= 15 is 0 Å². The van der Waals surface area contributed by atoms with Gasteiger partial charge in [0.2, 0.25) is 11.5 Å². The molecule has 192 valence electrons. The van der Waals surface area contributed by atoms with Crippen molar-refractivity contribution in [3.8, 4) is 16.0 Å². The van der Waals surface area contributed by atoms with E-state index in [0.29, 0.717) is 34.7 Å². The lowest BCUT2D eigenvalue weighted by molar-refractivity contribution is 0.190. The highest BCUT2D eigenvalue weighted by Crippen LogP contribution is 2.37. The first-order chi connectivity index (χ1) is 18.0. The first-order valence-corrected chi connectivity index (χ1v) is 12.4. The summed E-state index contributed by atoms with van der Waals surface area (Å²) in [6.07, 6.45) is 4.03. The van der Waals surface area contributed by atoms with Crippen LogP contribution in [0, 0.1) is 12.7 Å². The van der Waals surface area contributed by atoms with Crippen LogP contribution in [-0.2, 0) is 0 Å². The molecule has 0 saturated carbocycles. The summed E-state index contributed by atoms with van der Waals surface area (Å²) in [6, 6.07) is 1.08. The Morgan fingerprint density at radius 3 is 2.68 bits per heavy atom. The highest BCUT2D eigenvalue weighted by Gasteiger charge is 2.28. The Morgan fingerprint density at radius 2 is 1.92 bits per heavy atom. The van der Waals surface area contributed by atoms with Crippen LogP contribution >= 0.6 is 11.3 Å². The zero-order valence-electron chi connectivity index (χ0n) is 19.6. The predicted octanol–water partition coefficient (Wildman–Crippen LogP) is 3.49. The van der Waals surface area contributed by atoms with Crippen molar-refractivity contribution in [3.63, 3.8) is 0 Å². The van der Waals surface area contributed by atoms with E-state index in [4.69, 9.17) is 22.5 Å². The van der Waals surface area contributed by atoms with Crippen LogP contribution < -0.4 is 16.0 Å². The van der Waals surface area contributed by atoms with E-state index in [-0.39, 0.29) is 17.1 Å². The molecule has 5 aromatic rings. The second-order valence-corrected chi connectivity index (χ2v) is 9.66. The Balaban J connectivity index is 1.06. The minimum Gasteiger partial charge on any atom is -0.470 e. The Labute approximate surface area is 210 Å². The van der Waals surface area contributed by atoms with Crippen molar-refractivity contribution in [3.05, 3.63) is 50.5 Å². The van der Waals surface area contributed by atoms with Crippen LogP contribution in [0.1, 0.15) is 36.8 Å². The molecular formula is C23H20FN5O7S. The zero-order chi connectivity index (χ0) is 25.5. The summed E-state index contributed by atoms with van der Waals surface area (Å²) in [5.41, 5.74) is -2.35. The number of aromatic nitrogens is 4. The number of rotatable bonds is 7. The molecule has 0 spiro atoms. The van der Waals surface area contributed by atoms with Gasteiger partial charge < -0.3 is 27.4 Å². The van der Waals surface area contributed by atoms with Crippen molar-refractivity contribution in [1.82, 2.24) is 25.2 Å². The number of thiazole rings is 1. The minimum absolute atomic E-state index is 0.0155. The number of likely N-dealkylation sites (tertiary alicyclic amines) is 1. The molecule has 0 aliphatic carbocycles. The number of hydrogen-bond acceptors (Lipinski definition) is 13. The molecule has 12 nitrogen and oxygen atoms in total. The second kappa shape index (κ2) is 9.52. The Bertz CT molecular complexity index is 1700. The molecule has 37 heavy (non-hydrogen) atoms. The third-order valence-corrected chi connectivity index (χ3v) is 7.15. The molecule has 0 bridgehead atoms. The molecule has 0 atom stereocenters. The third-order valence-electron chi connectivity index (χ3n) is 6.25. The van der Waals surface area contributed by atoms with Crippen LogP contribution in [0.15, 0.2) is 39.6 Å². The molecule has 0 amide bonds. The molecule has 1 aliphatic rings. The highest BCUT2D eigenvalue weighted by atomic mass is 32.1. The third kappa shape index (κ3) is 4.53. The van der Waals surface area contributed by atoms with E-state index < -0.39 is 22.7 Å². The molecule has 14 heteroatoms. The lowest BCUT2D eigenvalue weighted by Gasteiger charge is -2.31. The SMILES string of the molecule is Cc1nnc(-c2cnc(OCCCN3CCC(c4noc5cc(F)c6oc(=O)c(=O)oc6c45)CC3)s2)o1. The number of hydrogen-bond donors (Lipinski definition) is 0. The minimum atomic E-state index is -1.27. The van der Waals surface area contributed by atoms with Crippen LogP contribution in [0.4, 0.5) is 4.39 Å². The summed E-state index contributed by atoms with van der Waals surface area (Å²) in [6.45, 7) is 4.73. The number of benzene rings is 1. The van der Waals surface area contributed by atoms with Crippen molar-refractivity contribution in [2.45, 2.75) is 32.1 Å².